The van der Waals surface area contributed by atoms with Crippen molar-refractivity contribution in [3.63, 3.8) is 0 Å². The van der Waals surface area contributed by atoms with Gasteiger partial charge in [-0.15, -0.1) is 0 Å². The number of pyridine rings is 1. The van der Waals surface area contributed by atoms with E-state index >= 15 is 0 Å². The highest BCUT2D eigenvalue weighted by atomic mass is 15.1. The van der Waals surface area contributed by atoms with E-state index in [-0.39, 0.29) is 0 Å². The minimum absolute atomic E-state index is 0.668. The molecule has 0 atom stereocenters. The van der Waals surface area contributed by atoms with Crippen molar-refractivity contribution in [2.24, 2.45) is 13.0 Å². The van der Waals surface area contributed by atoms with Crippen LogP contribution in [0, 0.1) is 17.2 Å². The average Bonchev–Trinajstić information content (AvgIpc) is 3.48. The zero-order valence-electron chi connectivity index (χ0n) is 20.3. The van der Waals surface area contributed by atoms with Crippen LogP contribution in [-0.2, 0) is 13.6 Å². The Morgan fingerprint density at radius 1 is 0.914 bits per heavy atom. The summed E-state index contributed by atoms with van der Waals surface area (Å²) in [5, 5.41) is 11.7. The number of rotatable bonds is 4. The lowest BCUT2D eigenvalue weighted by atomic mass is 9.95. The largest absolute Gasteiger partial charge is 0.351 e. The van der Waals surface area contributed by atoms with Gasteiger partial charge in [0.05, 0.1) is 29.0 Å². The predicted molar refractivity (Wildman–Crippen MR) is 142 cm³/mol. The summed E-state index contributed by atoms with van der Waals surface area (Å²) in [6, 6.07) is 21.1. The molecule has 5 heteroatoms. The summed E-state index contributed by atoms with van der Waals surface area (Å²) in [6.45, 7) is 3.37. The Morgan fingerprint density at radius 2 is 1.69 bits per heavy atom. The van der Waals surface area contributed by atoms with Gasteiger partial charge in [-0.25, -0.2) is 0 Å². The van der Waals surface area contributed by atoms with Crippen LogP contribution < -0.4 is 0 Å². The molecule has 5 aromatic rings. The van der Waals surface area contributed by atoms with E-state index < -0.39 is 0 Å². The van der Waals surface area contributed by atoms with Crippen molar-refractivity contribution in [3.05, 3.63) is 78.8 Å². The fourth-order valence-electron chi connectivity index (χ4n) is 5.49. The maximum Gasteiger partial charge on any atom is 0.0991 e. The molecule has 0 N–H and O–H groups in total. The van der Waals surface area contributed by atoms with Crippen molar-refractivity contribution in [3.8, 4) is 28.5 Å². The van der Waals surface area contributed by atoms with E-state index in [9.17, 15) is 5.26 Å². The summed E-state index contributed by atoms with van der Waals surface area (Å²) in [6.07, 6.45) is 8.84. The van der Waals surface area contributed by atoms with E-state index in [1.807, 2.05) is 30.5 Å². The molecular weight excluding hydrogens is 430 g/mol. The second-order valence-corrected chi connectivity index (χ2v) is 9.88. The highest BCUT2D eigenvalue weighted by Gasteiger charge is 2.20. The normalized spacial score (nSPS) is 15.1. The molecule has 0 unspecified atom stereocenters. The van der Waals surface area contributed by atoms with Gasteiger partial charge in [-0.3, -0.25) is 4.98 Å². The first-order valence-electron chi connectivity index (χ1n) is 12.3. The van der Waals surface area contributed by atoms with Crippen LogP contribution >= 0.6 is 0 Å². The topological polar surface area (TPSA) is 49.8 Å². The highest BCUT2D eigenvalue weighted by molar-refractivity contribution is 6.02. The van der Waals surface area contributed by atoms with Gasteiger partial charge in [-0.2, -0.15) is 5.26 Å². The molecule has 0 spiro atoms. The minimum atomic E-state index is 0.668. The average molecular weight is 460 g/mol. The molecule has 5 nitrogen and oxygen atoms in total. The van der Waals surface area contributed by atoms with Crippen molar-refractivity contribution in [1.82, 2.24) is 19.0 Å². The number of nitriles is 1. The van der Waals surface area contributed by atoms with Crippen LogP contribution in [0.1, 0.15) is 18.4 Å². The first-order chi connectivity index (χ1) is 17.1. The SMILES string of the molecule is CN1CCC(Cn2ccc3c(-c4ccc(C#N)cc4)c(-c4ccc5c(ccn5C)c4)ncc32)CC1. The van der Waals surface area contributed by atoms with E-state index in [1.165, 1.54) is 47.7 Å². The van der Waals surface area contributed by atoms with Crippen LogP contribution in [0.4, 0.5) is 0 Å². The fraction of sp³-hybridized carbons (Fsp3) is 0.267. The summed E-state index contributed by atoms with van der Waals surface area (Å²) >= 11 is 0. The van der Waals surface area contributed by atoms with E-state index in [1.54, 1.807) is 0 Å². The van der Waals surface area contributed by atoms with Crippen LogP contribution in [0.15, 0.2) is 73.2 Å². The van der Waals surface area contributed by atoms with Crippen molar-refractivity contribution in [1.29, 1.82) is 5.26 Å². The van der Waals surface area contributed by atoms with E-state index in [2.05, 4.69) is 76.9 Å². The maximum atomic E-state index is 9.31. The minimum Gasteiger partial charge on any atom is -0.351 e. The Bertz CT molecular complexity index is 1560. The molecule has 1 fully saturated rings. The van der Waals surface area contributed by atoms with Gasteiger partial charge < -0.3 is 14.0 Å². The summed E-state index contributed by atoms with van der Waals surface area (Å²) in [5.74, 6) is 0.695. The third kappa shape index (κ3) is 3.90. The number of hydrogen-bond acceptors (Lipinski definition) is 3. The lowest BCUT2D eigenvalue weighted by molar-refractivity contribution is 0.206. The predicted octanol–water partition coefficient (Wildman–Crippen LogP) is 6.08. The Hall–Kier alpha value is -3.88. The van der Waals surface area contributed by atoms with Crippen LogP contribution in [0.2, 0.25) is 0 Å². The highest BCUT2D eigenvalue weighted by Crippen LogP contribution is 2.38. The van der Waals surface area contributed by atoms with E-state index in [4.69, 9.17) is 4.98 Å². The van der Waals surface area contributed by atoms with Gasteiger partial charge in [0.2, 0.25) is 0 Å². The number of aryl methyl sites for hydroxylation is 1. The van der Waals surface area contributed by atoms with Gasteiger partial charge in [0.25, 0.3) is 0 Å². The number of benzene rings is 2. The molecule has 2 aromatic carbocycles. The zero-order chi connectivity index (χ0) is 23.9. The van der Waals surface area contributed by atoms with Crippen LogP contribution in [0.3, 0.4) is 0 Å². The molecule has 1 aliphatic rings. The molecule has 0 aliphatic carbocycles. The van der Waals surface area contributed by atoms with E-state index in [0.717, 1.165) is 28.9 Å². The molecule has 0 radical (unpaired) electrons. The van der Waals surface area contributed by atoms with Crippen molar-refractivity contribution >= 4 is 21.8 Å². The summed E-state index contributed by atoms with van der Waals surface area (Å²) in [5.41, 5.74) is 7.34. The van der Waals surface area contributed by atoms with Gasteiger partial charge >= 0.3 is 0 Å². The molecule has 174 valence electrons. The van der Waals surface area contributed by atoms with Crippen molar-refractivity contribution in [2.45, 2.75) is 19.4 Å². The second kappa shape index (κ2) is 8.72. The molecule has 3 aromatic heterocycles. The quantitative estimate of drug-likeness (QED) is 0.327. The molecule has 1 aliphatic heterocycles. The molecule has 0 saturated carbocycles. The first-order valence-corrected chi connectivity index (χ1v) is 12.3. The second-order valence-electron chi connectivity index (χ2n) is 9.88. The molecule has 6 rings (SSSR count). The summed E-state index contributed by atoms with van der Waals surface area (Å²) in [7, 11) is 4.28. The Morgan fingerprint density at radius 3 is 2.46 bits per heavy atom. The number of aromatic nitrogens is 3. The number of likely N-dealkylation sites (tertiary alicyclic amines) is 1. The molecule has 0 amide bonds. The standard InChI is InChI=1S/C30H29N5/c1-33-13-9-22(10-14-33)20-35-16-12-26-28(35)19-32-30(29(26)23-5-3-21(18-31)4-6-23)25-7-8-27-24(17-25)11-15-34(27)2/h3-8,11-12,15-17,19,22H,9-10,13-14,20H2,1-2H3. The molecular formula is C30H29N5. The number of fused-ring (bicyclic) bond motifs is 2. The number of piperidine rings is 1. The lowest BCUT2D eigenvalue weighted by Gasteiger charge is -2.29. The monoisotopic (exact) mass is 459 g/mol. The molecule has 1 saturated heterocycles. The van der Waals surface area contributed by atoms with Gasteiger partial charge in [-0.05, 0) is 80.9 Å². The van der Waals surface area contributed by atoms with Crippen LogP contribution in [0.5, 0.6) is 0 Å². The van der Waals surface area contributed by atoms with Crippen LogP contribution in [0.25, 0.3) is 44.2 Å². The molecule has 35 heavy (non-hydrogen) atoms. The van der Waals surface area contributed by atoms with Crippen molar-refractivity contribution < 1.29 is 0 Å². The number of nitrogens with zero attached hydrogens (tertiary/aromatic N) is 5. The smallest absolute Gasteiger partial charge is 0.0991 e. The Kier molecular flexibility index (Phi) is 5.39. The van der Waals surface area contributed by atoms with Crippen LogP contribution in [-0.4, -0.2) is 39.2 Å². The zero-order valence-corrected chi connectivity index (χ0v) is 20.3. The molecule has 0 bridgehead atoms. The first kappa shape index (κ1) is 21.6. The summed E-state index contributed by atoms with van der Waals surface area (Å²) < 4.78 is 4.52. The maximum absolute atomic E-state index is 9.31. The molecule has 4 heterocycles. The Labute approximate surface area is 205 Å². The lowest BCUT2D eigenvalue weighted by Crippen LogP contribution is -2.31. The van der Waals surface area contributed by atoms with Gasteiger partial charge in [0.1, 0.15) is 0 Å². The van der Waals surface area contributed by atoms with Gasteiger partial charge in [-0.1, -0.05) is 18.2 Å². The third-order valence-corrected chi connectivity index (χ3v) is 7.58. The van der Waals surface area contributed by atoms with Gasteiger partial charge in [0.15, 0.2) is 0 Å². The van der Waals surface area contributed by atoms with Crippen molar-refractivity contribution in [2.75, 3.05) is 20.1 Å². The van der Waals surface area contributed by atoms with Gasteiger partial charge in [0, 0.05) is 53.4 Å². The number of hydrogen-bond donors (Lipinski definition) is 0. The summed E-state index contributed by atoms with van der Waals surface area (Å²) in [4.78, 5) is 7.47. The fourth-order valence-corrected chi connectivity index (χ4v) is 5.49. The third-order valence-electron chi connectivity index (χ3n) is 7.58. The van der Waals surface area contributed by atoms with E-state index in [0.29, 0.717) is 11.5 Å². The Balaban J connectivity index is 1.49.